The monoisotopic (exact) mass is 286 g/mol. The standard InChI is InChI=1S/C13H22N2O3S/c1-9-10(2)19-7-6-15(9)13(18)14-5-3-4-11(8-14)12(16)17/h9-11H,3-8H2,1-2H3,(H,16,17). The summed E-state index contributed by atoms with van der Waals surface area (Å²) >= 11 is 1.89. The third-order valence-electron chi connectivity index (χ3n) is 4.17. The Balaban J connectivity index is 2.00. The van der Waals surface area contributed by atoms with E-state index in [2.05, 4.69) is 13.8 Å². The molecule has 108 valence electrons. The molecule has 2 aliphatic heterocycles. The van der Waals surface area contributed by atoms with E-state index in [-0.39, 0.29) is 12.1 Å². The molecule has 0 saturated carbocycles. The molecule has 0 aromatic rings. The summed E-state index contributed by atoms with van der Waals surface area (Å²) in [5, 5.41) is 9.53. The molecular formula is C13H22N2O3S. The third kappa shape index (κ3) is 3.16. The van der Waals surface area contributed by atoms with Crippen molar-refractivity contribution in [3.05, 3.63) is 0 Å². The molecule has 2 fully saturated rings. The minimum Gasteiger partial charge on any atom is -0.481 e. The molecule has 0 aliphatic carbocycles. The number of carbonyl (C=O) groups excluding carboxylic acids is 1. The summed E-state index contributed by atoms with van der Waals surface area (Å²) in [6.07, 6.45) is 1.47. The molecule has 3 unspecified atom stereocenters. The highest BCUT2D eigenvalue weighted by molar-refractivity contribution is 8.00. The van der Waals surface area contributed by atoms with Crippen molar-refractivity contribution in [2.45, 2.75) is 38.0 Å². The van der Waals surface area contributed by atoms with Gasteiger partial charge in [0.1, 0.15) is 0 Å². The zero-order valence-corrected chi connectivity index (χ0v) is 12.4. The van der Waals surface area contributed by atoms with Crippen LogP contribution in [0.1, 0.15) is 26.7 Å². The average molecular weight is 286 g/mol. The van der Waals surface area contributed by atoms with Crippen molar-refractivity contribution in [2.75, 3.05) is 25.4 Å². The average Bonchev–Trinajstić information content (AvgIpc) is 2.41. The summed E-state index contributed by atoms with van der Waals surface area (Å²) in [5.74, 6) is -0.217. The van der Waals surface area contributed by atoms with E-state index in [1.54, 1.807) is 4.90 Å². The molecule has 5 nitrogen and oxygen atoms in total. The number of carboxylic acids is 1. The maximum Gasteiger partial charge on any atom is 0.320 e. The molecule has 0 aromatic carbocycles. The van der Waals surface area contributed by atoms with E-state index >= 15 is 0 Å². The highest BCUT2D eigenvalue weighted by Crippen LogP contribution is 2.26. The number of hydrogen-bond donors (Lipinski definition) is 1. The summed E-state index contributed by atoms with van der Waals surface area (Å²) in [6, 6.07) is 0.238. The molecule has 2 saturated heterocycles. The van der Waals surface area contributed by atoms with E-state index in [1.165, 1.54) is 0 Å². The van der Waals surface area contributed by atoms with Gasteiger partial charge in [-0.3, -0.25) is 4.79 Å². The van der Waals surface area contributed by atoms with Crippen LogP contribution >= 0.6 is 11.8 Å². The summed E-state index contributed by atoms with van der Waals surface area (Å²) in [5.41, 5.74) is 0. The molecule has 2 heterocycles. The van der Waals surface area contributed by atoms with Crippen molar-refractivity contribution < 1.29 is 14.7 Å². The minimum atomic E-state index is -0.784. The van der Waals surface area contributed by atoms with Gasteiger partial charge in [-0.05, 0) is 19.8 Å². The fraction of sp³-hybridized carbons (Fsp3) is 0.846. The first kappa shape index (κ1) is 14.5. The number of carboxylic acid groups (broad SMARTS) is 1. The van der Waals surface area contributed by atoms with Gasteiger partial charge in [-0.15, -0.1) is 0 Å². The van der Waals surface area contributed by atoms with Gasteiger partial charge in [-0.2, -0.15) is 11.8 Å². The Morgan fingerprint density at radius 3 is 2.68 bits per heavy atom. The second-order valence-corrected chi connectivity index (χ2v) is 6.90. The molecule has 2 rings (SSSR count). The van der Waals surface area contributed by atoms with E-state index in [9.17, 15) is 9.59 Å². The lowest BCUT2D eigenvalue weighted by Gasteiger charge is -2.42. The Morgan fingerprint density at radius 2 is 2.00 bits per heavy atom. The normalized spacial score (nSPS) is 32.2. The number of aliphatic carboxylic acids is 1. The molecule has 1 N–H and O–H groups in total. The Kier molecular flexibility index (Phi) is 4.60. The number of hydrogen-bond acceptors (Lipinski definition) is 3. The van der Waals surface area contributed by atoms with Gasteiger partial charge in [0, 0.05) is 36.7 Å². The van der Waals surface area contributed by atoms with Crippen LogP contribution in [0, 0.1) is 5.92 Å². The molecule has 2 aliphatic rings. The molecule has 6 heteroatoms. The molecule has 0 radical (unpaired) electrons. The van der Waals surface area contributed by atoms with Crippen LogP contribution in [0.3, 0.4) is 0 Å². The van der Waals surface area contributed by atoms with Crippen LogP contribution in [0.2, 0.25) is 0 Å². The second-order valence-electron chi connectivity index (χ2n) is 5.42. The van der Waals surface area contributed by atoms with Crippen molar-refractivity contribution in [1.82, 2.24) is 9.80 Å². The van der Waals surface area contributed by atoms with Gasteiger partial charge in [0.25, 0.3) is 0 Å². The molecule has 3 atom stereocenters. The first-order valence-corrected chi connectivity index (χ1v) is 7.95. The summed E-state index contributed by atoms with van der Waals surface area (Å²) in [7, 11) is 0. The summed E-state index contributed by atoms with van der Waals surface area (Å²) in [6.45, 7) is 6.04. The lowest BCUT2D eigenvalue weighted by Crippen LogP contribution is -2.55. The highest BCUT2D eigenvalue weighted by Gasteiger charge is 2.35. The predicted octanol–water partition coefficient (Wildman–Crippen LogP) is 1.73. The molecule has 19 heavy (non-hydrogen) atoms. The van der Waals surface area contributed by atoms with E-state index in [0.717, 1.165) is 18.7 Å². The van der Waals surface area contributed by atoms with Gasteiger partial charge in [-0.1, -0.05) is 6.92 Å². The van der Waals surface area contributed by atoms with Gasteiger partial charge < -0.3 is 14.9 Å². The van der Waals surface area contributed by atoms with Crippen LogP contribution < -0.4 is 0 Å². The Hall–Kier alpha value is -0.910. The highest BCUT2D eigenvalue weighted by atomic mass is 32.2. The van der Waals surface area contributed by atoms with Gasteiger partial charge in [0.05, 0.1) is 5.92 Å². The van der Waals surface area contributed by atoms with Crippen molar-refractivity contribution in [1.29, 1.82) is 0 Å². The van der Waals surface area contributed by atoms with Crippen LogP contribution in [0.4, 0.5) is 4.79 Å². The van der Waals surface area contributed by atoms with Gasteiger partial charge in [0.15, 0.2) is 0 Å². The summed E-state index contributed by atoms with van der Waals surface area (Å²) < 4.78 is 0. The topological polar surface area (TPSA) is 60.9 Å². The maximum absolute atomic E-state index is 12.5. The Bertz CT molecular complexity index is 364. The number of piperidine rings is 1. The number of thioether (sulfide) groups is 1. The minimum absolute atomic E-state index is 0.0191. The van der Waals surface area contributed by atoms with Crippen LogP contribution in [0.25, 0.3) is 0 Å². The third-order valence-corrected chi connectivity index (χ3v) is 5.51. The molecular weight excluding hydrogens is 264 g/mol. The number of urea groups is 1. The first-order valence-electron chi connectivity index (χ1n) is 6.90. The molecule has 0 spiro atoms. The van der Waals surface area contributed by atoms with Crippen LogP contribution in [0.15, 0.2) is 0 Å². The van der Waals surface area contributed by atoms with Gasteiger partial charge in [0.2, 0.25) is 0 Å². The van der Waals surface area contributed by atoms with Gasteiger partial charge >= 0.3 is 12.0 Å². The van der Waals surface area contributed by atoms with E-state index in [4.69, 9.17) is 5.11 Å². The Labute approximate surface area is 118 Å². The van der Waals surface area contributed by atoms with Crippen molar-refractivity contribution in [2.24, 2.45) is 5.92 Å². The fourth-order valence-electron chi connectivity index (χ4n) is 2.74. The quantitative estimate of drug-likeness (QED) is 0.797. The SMILES string of the molecule is CC1SCCN(C(=O)N2CCCC(C(=O)O)C2)C1C. The zero-order valence-electron chi connectivity index (χ0n) is 11.5. The van der Waals surface area contributed by atoms with Crippen molar-refractivity contribution >= 4 is 23.8 Å². The lowest BCUT2D eigenvalue weighted by molar-refractivity contribution is -0.143. The number of carbonyl (C=O) groups is 2. The smallest absolute Gasteiger partial charge is 0.320 e. The van der Waals surface area contributed by atoms with Crippen LogP contribution in [-0.2, 0) is 4.79 Å². The largest absolute Gasteiger partial charge is 0.481 e. The van der Waals surface area contributed by atoms with E-state index in [0.29, 0.717) is 24.8 Å². The molecule has 0 bridgehead atoms. The van der Waals surface area contributed by atoms with E-state index < -0.39 is 11.9 Å². The lowest BCUT2D eigenvalue weighted by atomic mass is 9.98. The first-order chi connectivity index (χ1) is 9.00. The molecule has 0 aromatic heterocycles. The van der Waals surface area contributed by atoms with Crippen LogP contribution in [-0.4, -0.2) is 63.6 Å². The number of amides is 2. The zero-order chi connectivity index (χ0) is 14.0. The predicted molar refractivity (Wildman–Crippen MR) is 75.4 cm³/mol. The Morgan fingerprint density at radius 1 is 1.26 bits per heavy atom. The van der Waals surface area contributed by atoms with Crippen molar-refractivity contribution in [3.8, 4) is 0 Å². The maximum atomic E-state index is 12.5. The number of likely N-dealkylation sites (tertiary alicyclic amines) is 1. The summed E-state index contributed by atoms with van der Waals surface area (Å²) in [4.78, 5) is 27.2. The number of rotatable bonds is 1. The number of nitrogens with zero attached hydrogens (tertiary/aromatic N) is 2. The van der Waals surface area contributed by atoms with E-state index in [1.807, 2.05) is 16.7 Å². The van der Waals surface area contributed by atoms with Crippen molar-refractivity contribution in [3.63, 3.8) is 0 Å². The van der Waals surface area contributed by atoms with Crippen LogP contribution in [0.5, 0.6) is 0 Å². The fourth-order valence-corrected chi connectivity index (χ4v) is 3.84. The molecule has 2 amide bonds. The van der Waals surface area contributed by atoms with Gasteiger partial charge in [-0.25, -0.2) is 4.79 Å². The second kappa shape index (κ2) is 6.03.